The maximum absolute atomic E-state index is 12.4. The molecule has 4 nitrogen and oxygen atoms in total. The van der Waals surface area contributed by atoms with Crippen LogP contribution < -0.4 is 5.73 Å². The Morgan fingerprint density at radius 1 is 1.05 bits per heavy atom. The van der Waals surface area contributed by atoms with E-state index in [-0.39, 0.29) is 11.7 Å². The molecule has 0 aliphatic heterocycles. The Kier molecular flexibility index (Phi) is 4.13. The lowest BCUT2D eigenvalue weighted by molar-refractivity contribution is -0.259. The monoisotopic (exact) mass is 291 g/mol. The summed E-state index contributed by atoms with van der Waals surface area (Å²) >= 11 is 0. The molecule has 0 saturated heterocycles. The van der Waals surface area contributed by atoms with Crippen molar-refractivity contribution in [3.63, 3.8) is 0 Å². The van der Waals surface area contributed by atoms with Crippen LogP contribution in [0.5, 0.6) is 0 Å². The van der Waals surface area contributed by atoms with E-state index in [0.717, 1.165) is 0 Å². The number of hydrogen-bond donors (Lipinski definition) is 1. The highest BCUT2D eigenvalue weighted by atomic mass is 19.4. The zero-order valence-electron chi connectivity index (χ0n) is 9.88. The highest BCUT2D eigenvalue weighted by molar-refractivity contribution is 5.03. The summed E-state index contributed by atoms with van der Waals surface area (Å²) in [5, 5.41) is 3.07. The third-order valence-electron chi connectivity index (χ3n) is 2.38. The van der Waals surface area contributed by atoms with Gasteiger partial charge in [-0.2, -0.15) is 31.3 Å². The number of hydrogen-bond acceptors (Lipinski definition) is 4. The summed E-state index contributed by atoms with van der Waals surface area (Å²) in [7, 11) is 0. The summed E-state index contributed by atoms with van der Waals surface area (Å²) in [6.07, 6.45) is -11.1. The first kappa shape index (κ1) is 15.7. The molecule has 1 aromatic rings. The summed E-state index contributed by atoms with van der Waals surface area (Å²) < 4.78 is 78.4. The van der Waals surface area contributed by atoms with Crippen molar-refractivity contribution in [2.24, 2.45) is 11.7 Å². The van der Waals surface area contributed by atoms with Crippen molar-refractivity contribution < 1.29 is 30.9 Å². The van der Waals surface area contributed by atoms with Crippen LogP contribution in [0.2, 0.25) is 0 Å². The van der Waals surface area contributed by atoms with E-state index in [2.05, 4.69) is 14.7 Å². The summed E-state index contributed by atoms with van der Waals surface area (Å²) in [6, 6.07) is -0.903. The van der Waals surface area contributed by atoms with Crippen LogP contribution in [0.25, 0.3) is 0 Å². The third kappa shape index (κ3) is 3.58. The topological polar surface area (TPSA) is 64.9 Å². The number of alkyl halides is 6. The van der Waals surface area contributed by atoms with Gasteiger partial charge >= 0.3 is 12.4 Å². The van der Waals surface area contributed by atoms with E-state index >= 15 is 0 Å². The summed E-state index contributed by atoms with van der Waals surface area (Å²) in [5.41, 5.74) is 5.52. The predicted molar refractivity (Wildman–Crippen MR) is 50.9 cm³/mol. The number of nitrogens with two attached hydrogens (primary N) is 1. The van der Waals surface area contributed by atoms with Crippen LogP contribution in [0.4, 0.5) is 26.3 Å². The number of aromatic nitrogens is 2. The molecule has 1 aromatic heterocycles. The fourth-order valence-corrected chi connectivity index (χ4v) is 1.26. The number of nitrogens with zero attached hydrogens (tertiary/aromatic N) is 2. The van der Waals surface area contributed by atoms with Gasteiger partial charge in [0.1, 0.15) is 0 Å². The zero-order chi connectivity index (χ0) is 15.0. The van der Waals surface area contributed by atoms with Crippen molar-refractivity contribution in [3.05, 3.63) is 11.7 Å². The molecule has 0 aromatic carbocycles. The van der Waals surface area contributed by atoms with Gasteiger partial charge in [-0.25, -0.2) is 0 Å². The van der Waals surface area contributed by atoms with Crippen LogP contribution in [-0.2, 0) is 0 Å². The van der Waals surface area contributed by atoms with E-state index in [1.165, 1.54) is 0 Å². The first-order valence-corrected chi connectivity index (χ1v) is 5.17. The Bertz CT molecular complexity index is 410. The van der Waals surface area contributed by atoms with Gasteiger partial charge in [-0.15, -0.1) is 0 Å². The lowest BCUT2D eigenvalue weighted by Gasteiger charge is -2.19. The quantitative estimate of drug-likeness (QED) is 0.870. The number of rotatable bonds is 3. The molecule has 0 amide bonds. The van der Waals surface area contributed by atoms with Gasteiger partial charge in [0.15, 0.2) is 5.82 Å². The maximum atomic E-state index is 12.4. The van der Waals surface area contributed by atoms with Gasteiger partial charge in [0.2, 0.25) is 11.8 Å². The van der Waals surface area contributed by atoms with E-state index in [0.29, 0.717) is 0 Å². The van der Waals surface area contributed by atoms with Crippen molar-refractivity contribution in [1.82, 2.24) is 10.1 Å². The minimum atomic E-state index is -5.57. The van der Waals surface area contributed by atoms with Gasteiger partial charge in [-0.1, -0.05) is 19.0 Å². The molecule has 110 valence electrons. The fourth-order valence-electron chi connectivity index (χ4n) is 1.26. The van der Waals surface area contributed by atoms with Crippen LogP contribution in [0.1, 0.15) is 37.5 Å². The van der Waals surface area contributed by atoms with E-state index in [4.69, 9.17) is 5.73 Å². The Hall–Kier alpha value is -1.32. The average molecular weight is 291 g/mol. The second kappa shape index (κ2) is 4.99. The van der Waals surface area contributed by atoms with Crippen LogP contribution in [-0.4, -0.2) is 22.5 Å². The Morgan fingerprint density at radius 2 is 1.53 bits per heavy atom. The van der Waals surface area contributed by atoms with Gasteiger partial charge in [-0.3, -0.25) is 0 Å². The molecular formula is C9H11F6N3O. The Balaban J connectivity index is 3.13. The molecular weight excluding hydrogens is 280 g/mol. The minimum absolute atomic E-state index is 0.263. The lowest BCUT2D eigenvalue weighted by Crippen LogP contribution is -2.34. The summed E-state index contributed by atoms with van der Waals surface area (Å²) in [5.74, 6) is -6.00. The molecule has 0 aliphatic rings. The van der Waals surface area contributed by atoms with Gasteiger partial charge in [-0.05, 0) is 5.92 Å². The molecule has 1 heterocycles. The van der Waals surface area contributed by atoms with Crippen molar-refractivity contribution >= 4 is 0 Å². The normalized spacial score (nSPS) is 15.3. The minimum Gasteiger partial charge on any atom is -0.338 e. The molecule has 1 atom stereocenters. The molecule has 2 N–H and O–H groups in total. The second-order valence-electron chi connectivity index (χ2n) is 4.28. The summed E-state index contributed by atoms with van der Waals surface area (Å²) in [4.78, 5) is 3.12. The van der Waals surface area contributed by atoms with Gasteiger partial charge in [0, 0.05) is 0 Å². The molecule has 10 heteroatoms. The van der Waals surface area contributed by atoms with E-state index in [1.54, 1.807) is 13.8 Å². The van der Waals surface area contributed by atoms with E-state index in [1.807, 2.05) is 0 Å². The van der Waals surface area contributed by atoms with Crippen LogP contribution in [0.15, 0.2) is 4.52 Å². The van der Waals surface area contributed by atoms with Crippen molar-refractivity contribution in [2.75, 3.05) is 0 Å². The first-order chi connectivity index (χ1) is 8.44. The molecule has 0 spiro atoms. The molecule has 0 aliphatic carbocycles. The second-order valence-corrected chi connectivity index (χ2v) is 4.28. The van der Waals surface area contributed by atoms with E-state index in [9.17, 15) is 26.3 Å². The van der Waals surface area contributed by atoms with Crippen LogP contribution >= 0.6 is 0 Å². The average Bonchev–Trinajstić information content (AvgIpc) is 2.60. The lowest BCUT2D eigenvalue weighted by atomic mass is 10.1. The SMILES string of the molecule is CC(C)C(N)c1noc(C(C(F)(F)F)C(F)(F)F)n1. The van der Waals surface area contributed by atoms with Crippen molar-refractivity contribution in [1.29, 1.82) is 0 Å². The van der Waals surface area contributed by atoms with Crippen molar-refractivity contribution in [3.8, 4) is 0 Å². The maximum Gasteiger partial charge on any atom is 0.409 e. The first-order valence-electron chi connectivity index (χ1n) is 5.17. The van der Waals surface area contributed by atoms with Gasteiger partial charge < -0.3 is 10.3 Å². The molecule has 19 heavy (non-hydrogen) atoms. The third-order valence-corrected chi connectivity index (χ3v) is 2.38. The zero-order valence-corrected chi connectivity index (χ0v) is 9.88. The van der Waals surface area contributed by atoms with E-state index < -0.39 is 30.2 Å². The smallest absolute Gasteiger partial charge is 0.338 e. The molecule has 1 rings (SSSR count). The fraction of sp³-hybridized carbons (Fsp3) is 0.778. The van der Waals surface area contributed by atoms with Crippen LogP contribution in [0.3, 0.4) is 0 Å². The highest BCUT2D eigenvalue weighted by Gasteiger charge is 2.60. The molecule has 1 unspecified atom stereocenters. The van der Waals surface area contributed by atoms with Crippen molar-refractivity contribution in [2.45, 2.75) is 38.2 Å². The molecule has 0 radical (unpaired) electrons. The molecule has 0 saturated carbocycles. The Labute approximate surface area is 104 Å². The Morgan fingerprint density at radius 3 is 1.89 bits per heavy atom. The molecule has 0 bridgehead atoms. The van der Waals surface area contributed by atoms with Gasteiger partial charge in [0.05, 0.1) is 6.04 Å². The summed E-state index contributed by atoms with van der Waals surface area (Å²) in [6.45, 7) is 3.23. The standard InChI is InChI=1S/C9H11F6N3O/c1-3(2)4(16)6-17-7(19-18-6)5(8(10,11)12)9(13,14)15/h3-5H,16H2,1-2H3. The highest BCUT2D eigenvalue weighted by Crippen LogP contribution is 2.45. The predicted octanol–water partition coefficient (Wildman–Crippen LogP) is 2.93. The molecule has 0 fully saturated rings. The van der Waals surface area contributed by atoms with Gasteiger partial charge in [0.25, 0.3) is 0 Å². The van der Waals surface area contributed by atoms with Crippen LogP contribution in [0, 0.1) is 5.92 Å². The largest absolute Gasteiger partial charge is 0.409 e. The number of halogens is 6.